The summed E-state index contributed by atoms with van der Waals surface area (Å²) in [6.07, 6.45) is 2.24. The third kappa shape index (κ3) is 5.07. The summed E-state index contributed by atoms with van der Waals surface area (Å²) in [4.78, 5) is 30.6. The highest BCUT2D eigenvalue weighted by molar-refractivity contribution is 5.83. The molecule has 0 saturated heterocycles. The lowest BCUT2D eigenvalue weighted by atomic mass is 10.2. The Morgan fingerprint density at radius 1 is 1.16 bits per heavy atom. The fourth-order valence-electron chi connectivity index (χ4n) is 1.69. The zero-order valence-electron chi connectivity index (χ0n) is 12.0. The van der Waals surface area contributed by atoms with E-state index in [1.807, 2.05) is 19.1 Å². The van der Waals surface area contributed by atoms with Crippen LogP contribution in [-0.2, 0) is 16.1 Å². The summed E-state index contributed by atoms with van der Waals surface area (Å²) in [5.41, 5.74) is 1.98. The largest absolute Gasteiger partial charge is 0.349 e. The van der Waals surface area contributed by atoms with Crippen LogP contribution >= 0.6 is 0 Å². The molecule has 0 aliphatic rings. The second-order valence-electron chi connectivity index (χ2n) is 4.84. The quantitative estimate of drug-likeness (QED) is 0.802. The number of aryl methyl sites for hydroxylation is 1. The van der Waals surface area contributed by atoms with Gasteiger partial charge in [0, 0.05) is 52.4 Å². The molecule has 0 unspecified atom stereocenters. The summed E-state index contributed by atoms with van der Waals surface area (Å²) in [6, 6.07) is 3.84. The van der Waals surface area contributed by atoms with E-state index in [4.69, 9.17) is 0 Å². The molecule has 2 amide bonds. The minimum absolute atomic E-state index is 0.0235. The maximum atomic E-state index is 11.9. The van der Waals surface area contributed by atoms with Gasteiger partial charge in [-0.1, -0.05) is 0 Å². The molecule has 5 nitrogen and oxygen atoms in total. The Morgan fingerprint density at radius 3 is 2.37 bits per heavy atom. The molecule has 0 aliphatic carbocycles. The molecule has 0 radical (unpaired) electrons. The SMILES string of the molecule is Cc1cc(CN(C)C(=O)CCC(=O)N(C)C)ccn1. The van der Waals surface area contributed by atoms with Gasteiger partial charge < -0.3 is 9.80 Å². The maximum absolute atomic E-state index is 11.9. The first-order chi connectivity index (χ1) is 8.90. The molecule has 1 aromatic rings. The number of rotatable bonds is 5. The van der Waals surface area contributed by atoms with Crippen molar-refractivity contribution in [1.82, 2.24) is 14.8 Å². The summed E-state index contributed by atoms with van der Waals surface area (Å²) in [5.74, 6) is -0.0498. The normalized spacial score (nSPS) is 10.1. The molecule has 0 aliphatic heterocycles. The van der Waals surface area contributed by atoms with E-state index in [1.165, 1.54) is 4.90 Å². The van der Waals surface area contributed by atoms with Crippen molar-refractivity contribution >= 4 is 11.8 Å². The summed E-state index contributed by atoms with van der Waals surface area (Å²) in [6.45, 7) is 2.46. The van der Waals surface area contributed by atoms with Gasteiger partial charge in [-0.2, -0.15) is 0 Å². The van der Waals surface area contributed by atoms with Crippen molar-refractivity contribution < 1.29 is 9.59 Å². The smallest absolute Gasteiger partial charge is 0.223 e. The molecule has 1 rings (SSSR count). The van der Waals surface area contributed by atoms with Gasteiger partial charge in [-0.3, -0.25) is 14.6 Å². The zero-order chi connectivity index (χ0) is 14.4. The Bertz CT molecular complexity index is 458. The van der Waals surface area contributed by atoms with Gasteiger partial charge in [0.05, 0.1) is 0 Å². The van der Waals surface area contributed by atoms with E-state index in [2.05, 4.69) is 4.98 Å². The van der Waals surface area contributed by atoms with Gasteiger partial charge in [0.15, 0.2) is 0 Å². The number of pyridine rings is 1. The van der Waals surface area contributed by atoms with Crippen LogP contribution < -0.4 is 0 Å². The number of hydrogen-bond acceptors (Lipinski definition) is 3. The first-order valence-corrected chi connectivity index (χ1v) is 6.26. The highest BCUT2D eigenvalue weighted by atomic mass is 16.2. The minimum atomic E-state index is -0.0264. The van der Waals surface area contributed by atoms with Gasteiger partial charge in [0.2, 0.25) is 11.8 Å². The van der Waals surface area contributed by atoms with Crippen LogP contribution in [0.1, 0.15) is 24.1 Å². The van der Waals surface area contributed by atoms with E-state index in [0.29, 0.717) is 6.54 Å². The highest BCUT2D eigenvalue weighted by Gasteiger charge is 2.12. The zero-order valence-corrected chi connectivity index (χ0v) is 12.0. The average Bonchev–Trinajstić information content (AvgIpc) is 2.35. The van der Waals surface area contributed by atoms with E-state index in [1.54, 1.807) is 32.2 Å². The van der Waals surface area contributed by atoms with Crippen LogP contribution in [0.3, 0.4) is 0 Å². The number of carbonyl (C=O) groups is 2. The summed E-state index contributed by atoms with van der Waals surface area (Å²) < 4.78 is 0. The predicted octanol–water partition coefficient (Wildman–Crippen LogP) is 1.22. The lowest BCUT2D eigenvalue weighted by Gasteiger charge is -2.18. The number of nitrogens with zero attached hydrogens (tertiary/aromatic N) is 3. The second-order valence-corrected chi connectivity index (χ2v) is 4.84. The molecule has 104 valence electrons. The Labute approximate surface area is 114 Å². The van der Waals surface area contributed by atoms with Crippen molar-refractivity contribution in [2.45, 2.75) is 26.3 Å². The van der Waals surface area contributed by atoms with E-state index in [0.717, 1.165) is 11.3 Å². The molecule has 1 aromatic heterocycles. The van der Waals surface area contributed by atoms with Crippen molar-refractivity contribution in [2.24, 2.45) is 0 Å². The molecular formula is C14H21N3O2. The molecule has 0 fully saturated rings. The molecular weight excluding hydrogens is 242 g/mol. The molecule has 5 heteroatoms. The Morgan fingerprint density at radius 2 is 1.79 bits per heavy atom. The fraction of sp³-hybridized carbons (Fsp3) is 0.500. The number of carbonyl (C=O) groups excluding carboxylic acids is 2. The summed E-state index contributed by atoms with van der Waals surface area (Å²) in [7, 11) is 5.13. The first kappa shape index (κ1) is 15.1. The third-order valence-electron chi connectivity index (χ3n) is 2.86. The molecule has 0 N–H and O–H groups in total. The lowest BCUT2D eigenvalue weighted by Crippen LogP contribution is -2.28. The molecule has 0 spiro atoms. The van der Waals surface area contributed by atoms with Crippen LogP contribution in [0, 0.1) is 6.92 Å². The van der Waals surface area contributed by atoms with Crippen molar-refractivity contribution in [1.29, 1.82) is 0 Å². The van der Waals surface area contributed by atoms with E-state index in [-0.39, 0.29) is 24.7 Å². The van der Waals surface area contributed by atoms with Gasteiger partial charge in [-0.25, -0.2) is 0 Å². The molecule has 1 heterocycles. The minimum Gasteiger partial charge on any atom is -0.349 e. The molecule has 0 bridgehead atoms. The Kier molecular flexibility index (Phi) is 5.48. The standard InChI is InChI=1S/C14H21N3O2/c1-11-9-12(7-8-15-11)10-17(4)14(19)6-5-13(18)16(2)3/h7-9H,5-6,10H2,1-4H3. The van der Waals surface area contributed by atoms with Crippen LogP contribution in [0.25, 0.3) is 0 Å². The molecule has 0 aromatic carbocycles. The number of amides is 2. The lowest BCUT2D eigenvalue weighted by molar-refractivity contribution is -0.135. The van der Waals surface area contributed by atoms with Crippen molar-refractivity contribution in [2.75, 3.05) is 21.1 Å². The van der Waals surface area contributed by atoms with Gasteiger partial charge >= 0.3 is 0 Å². The molecule has 0 saturated carbocycles. The fourth-order valence-corrected chi connectivity index (χ4v) is 1.69. The van der Waals surface area contributed by atoms with Crippen LogP contribution in [0.15, 0.2) is 18.3 Å². The maximum Gasteiger partial charge on any atom is 0.223 e. The van der Waals surface area contributed by atoms with Crippen molar-refractivity contribution in [3.63, 3.8) is 0 Å². The molecule has 19 heavy (non-hydrogen) atoms. The van der Waals surface area contributed by atoms with Gasteiger partial charge in [-0.15, -0.1) is 0 Å². The van der Waals surface area contributed by atoms with Crippen LogP contribution in [0.5, 0.6) is 0 Å². The molecule has 0 atom stereocenters. The second kappa shape index (κ2) is 6.87. The van der Waals surface area contributed by atoms with Crippen LogP contribution in [0.4, 0.5) is 0 Å². The van der Waals surface area contributed by atoms with E-state index >= 15 is 0 Å². The van der Waals surface area contributed by atoms with Gasteiger partial charge in [-0.05, 0) is 24.6 Å². The third-order valence-corrected chi connectivity index (χ3v) is 2.86. The van der Waals surface area contributed by atoms with Crippen molar-refractivity contribution in [3.8, 4) is 0 Å². The number of aromatic nitrogens is 1. The first-order valence-electron chi connectivity index (χ1n) is 6.26. The summed E-state index contributed by atoms with van der Waals surface area (Å²) >= 11 is 0. The van der Waals surface area contributed by atoms with Crippen LogP contribution in [0.2, 0.25) is 0 Å². The van der Waals surface area contributed by atoms with Crippen molar-refractivity contribution in [3.05, 3.63) is 29.6 Å². The topological polar surface area (TPSA) is 53.5 Å². The predicted molar refractivity (Wildman–Crippen MR) is 73.4 cm³/mol. The Balaban J connectivity index is 2.47. The van der Waals surface area contributed by atoms with Gasteiger partial charge in [0.1, 0.15) is 0 Å². The van der Waals surface area contributed by atoms with E-state index < -0.39 is 0 Å². The monoisotopic (exact) mass is 263 g/mol. The number of hydrogen-bond donors (Lipinski definition) is 0. The van der Waals surface area contributed by atoms with Crippen LogP contribution in [-0.4, -0.2) is 47.7 Å². The average molecular weight is 263 g/mol. The van der Waals surface area contributed by atoms with Gasteiger partial charge in [0.25, 0.3) is 0 Å². The van der Waals surface area contributed by atoms with E-state index in [9.17, 15) is 9.59 Å². The Hall–Kier alpha value is -1.91. The highest BCUT2D eigenvalue weighted by Crippen LogP contribution is 2.06. The summed E-state index contributed by atoms with van der Waals surface area (Å²) in [5, 5.41) is 0.